The zero-order valence-corrected chi connectivity index (χ0v) is 13.7. The van der Waals surface area contributed by atoms with Gasteiger partial charge in [-0.05, 0) is 26.3 Å². The fourth-order valence-electron chi connectivity index (χ4n) is 2.85. The Balaban J connectivity index is 1.76. The molecule has 1 atom stereocenters. The number of ether oxygens (including phenoxy) is 1. The molecule has 1 aromatic heterocycles. The zero-order valence-electron chi connectivity index (χ0n) is 13.7. The predicted octanol–water partition coefficient (Wildman–Crippen LogP) is 3.21. The molecule has 0 N–H and O–H groups in total. The van der Waals surface area contributed by atoms with E-state index in [9.17, 15) is 0 Å². The van der Waals surface area contributed by atoms with Gasteiger partial charge >= 0.3 is 0 Å². The first kappa shape index (κ1) is 15.3. The molecule has 1 aromatic carbocycles. The van der Waals surface area contributed by atoms with Crippen molar-refractivity contribution in [1.29, 1.82) is 0 Å². The summed E-state index contributed by atoms with van der Waals surface area (Å²) < 4.78 is 7.74. The second-order valence-electron chi connectivity index (χ2n) is 6.94. The monoisotopic (exact) mass is 299 g/mol. The van der Waals surface area contributed by atoms with E-state index in [1.807, 2.05) is 10.9 Å². The summed E-state index contributed by atoms with van der Waals surface area (Å²) in [5.74, 6) is 0. The van der Waals surface area contributed by atoms with Gasteiger partial charge in [0.2, 0.25) is 0 Å². The zero-order chi connectivity index (χ0) is 15.6. The van der Waals surface area contributed by atoms with Gasteiger partial charge in [0.25, 0.3) is 0 Å². The van der Waals surface area contributed by atoms with E-state index in [2.05, 4.69) is 67.3 Å². The van der Waals surface area contributed by atoms with E-state index in [-0.39, 0.29) is 5.54 Å². The van der Waals surface area contributed by atoms with Crippen LogP contribution in [-0.2, 0) is 16.8 Å². The first-order valence-electron chi connectivity index (χ1n) is 7.95. The highest BCUT2D eigenvalue weighted by molar-refractivity contribution is 5.20. The van der Waals surface area contributed by atoms with Gasteiger partial charge in [-0.3, -0.25) is 9.58 Å². The van der Waals surface area contributed by atoms with Crippen LogP contribution in [0.15, 0.2) is 42.7 Å². The molecule has 1 aliphatic heterocycles. The summed E-state index contributed by atoms with van der Waals surface area (Å²) in [4.78, 5) is 2.49. The maximum absolute atomic E-state index is 5.70. The molecule has 4 heteroatoms. The lowest BCUT2D eigenvalue weighted by Gasteiger charge is -2.35. The molecule has 1 fully saturated rings. The van der Waals surface area contributed by atoms with Crippen molar-refractivity contribution in [3.63, 3.8) is 0 Å². The van der Waals surface area contributed by atoms with Gasteiger partial charge < -0.3 is 4.74 Å². The van der Waals surface area contributed by atoms with Gasteiger partial charge in [-0.25, -0.2) is 0 Å². The van der Waals surface area contributed by atoms with Crippen LogP contribution in [0.5, 0.6) is 0 Å². The molecule has 0 radical (unpaired) electrons. The maximum Gasteiger partial charge on any atom is 0.0664 e. The van der Waals surface area contributed by atoms with E-state index < -0.39 is 0 Å². The number of hydrogen-bond acceptors (Lipinski definition) is 3. The summed E-state index contributed by atoms with van der Waals surface area (Å²) in [5, 5.41) is 4.51. The van der Waals surface area contributed by atoms with Crippen LogP contribution in [0.2, 0.25) is 0 Å². The topological polar surface area (TPSA) is 30.3 Å². The van der Waals surface area contributed by atoms with Crippen molar-refractivity contribution < 1.29 is 4.74 Å². The molecule has 1 unspecified atom stereocenters. The summed E-state index contributed by atoms with van der Waals surface area (Å²) in [5.41, 5.74) is 2.62. The number of nitrogens with zero attached hydrogens (tertiary/aromatic N) is 3. The minimum atomic E-state index is 0.0299. The molecular formula is C18H25N3O. The molecule has 22 heavy (non-hydrogen) atoms. The van der Waals surface area contributed by atoms with E-state index in [4.69, 9.17) is 4.74 Å². The fourth-order valence-corrected chi connectivity index (χ4v) is 2.85. The minimum Gasteiger partial charge on any atom is -0.378 e. The summed E-state index contributed by atoms with van der Waals surface area (Å²) in [6.45, 7) is 9.95. The van der Waals surface area contributed by atoms with Gasteiger partial charge in [-0.1, -0.05) is 30.3 Å². The highest BCUT2D eigenvalue weighted by atomic mass is 16.5. The standard InChI is InChI=1S/C18H25N3O/c1-18(2,3)21-13-15(11-19-21)12-20-9-10-22-14-17(20)16-7-5-4-6-8-16/h4-8,11,13,17H,9-10,12,14H2,1-3H3. The molecule has 0 bridgehead atoms. The van der Waals surface area contributed by atoms with Crippen molar-refractivity contribution in [3.05, 3.63) is 53.9 Å². The fraction of sp³-hybridized carbons (Fsp3) is 0.500. The Hall–Kier alpha value is -1.65. The van der Waals surface area contributed by atoms with Crippen molar-refractivity contribution >= 4 is 0 Å². The van der Waals surface area contributed by atoms with Gasteiger partial charge in [0.15, 0.2) is 0 Å². The smallest absolute Gasteiger partial charge is 0.0664 e. The Kier molecular flexibility index (Phi) is 4.32. The van der Waals surface area contributed by atoms with E-state index in [0.29, 0.717) is 6.04 Å². The van der Waals surface area contributed by atoms with Gasteiger partial charge in [0, 0.05) is 24.8 Å². The van der Waals surface area contributed by atoms with Crippen molar-refractivity contribution in [3.8, 4) is 0 Å². The second-order valence-corrected chi connectivity index (χ2v) is 6.94. The van der Waals surface area contributed by atoms with Crippen LogP contribution in [0.1, 0.15) is 37.9 Å². The lowest BCUT2D eigenvalue weighted by molar-refractivity contribution is -0.0127. The average Bonchev–Trinajstić information content (AvgIpc) is 2.97. The van der Waals surface area contributed by atoms with Crippen LogP contribution >= 0.6 is 0 Å². The number of rotatable bonds is 3. The van der Waals surface area contributed by atoms with Crippen LogP contribution in [0.25, 0.3) is 0 Å². The van der Waals surface area contributed by atoms with Crippen molar-refractivity contribution in [2.24, 2.45) is 0 Å². The molecule has 2 heterocycles. The normalized spacial score (nSPS) is 20.2. The third-order valence-electron chi connectivity index (χ3n) is 4.13. The average molecular weight is 299 g/mol. The molecule has 0 aliphatic carbocycles. The summed E-state index contributed by atoms with van der Waals surface area (Å²) in [6, 6.07) is 11.0. The van der Waals surface area contributed by atoms with Gasteiger partial charge in [-0.15, -0.1) is 0 Å². The van der Waals surface area contributed by atoms with Crippen molar-refractivity contribution in [1.82, 2.24) is 14.7 Å². The first-order valence-corrected chi connectivity index (χ1v) is 7.95. The van der Waals surface area contributed by atoms with E-state index in [1.165, 1.54) is 11.1 Å². The Morgan fingerprint density at radius 3 is 2.68 bits per heavy atom. The molecule has 3 rings (SSSR count). The quantitative estimate of drug-likeness (QED) is 0.872. The van der Waals surface area contributed by atoms with E-state index >= 15 is 0 Å². The summed E-state index contributed by atoms with van der Waals surface area (Å²) >= 11 is 0. The molecule has 4 nitrogen and oxygen atoms in total. The third-order valence-corrected chi connectivity index (χ3v) is 4.13. The molecule has 0 saturated carbocycles. The highest BCUT2D eigenvalue weighted by Crippen LogP contribution is 2.26. The van der Waals surface area contributed by atoms with Crippen LogP contribution in [0.3, 0.4) is 0 Å². The molecule has 0 spiro atoms. The molecule has 118 valence electrons. The molecule has 0 amide bonds. The maximum atomic E-state index is 5.70. The first-order chi connectivity index (χ1) is 10.5. The predicted molar refractivity (Wildman–Crippen MR) is 87.6 cm³/mol. The van der Waals surface area contributed by atoms with Crippen LogP contribution in [-0.4, -0.2) is 34.4 Å². The number of morpholine rings is 1. The molecule has 2 aromatic rings. The summed E-state index contributed by atoms with van der Waals surface area (Å²) in [6.07, 6.45) is 4.15. The Labute approximate surface area is 132 Å². The van der Waals surface area contributed by atoms with Crippen molar-refractivity contribution in [2.45, 2.75) is 38.9 Å². The van der Waals surface area contributed by atoms with E-state index in [0.717, 1.165) is 26.3 Å². The van der Waals surface area contributed by atoms with Gasteiger partial charge in [-0.2, -0.15) is 5.10 Å². The number of hydrogen-bond donors (Lipinski definition) is 0. The lowest BCUT2D eigenvalue weighted by Crippen LogP contribution is -2.38. The largest absolute Gasteiger partial charge is 0.378 e. The van der Waals surface area contributed by atoms with Crippen LogP contribution in [0, 0.1) is 0 Å². The number of aromatic nitrogens is 2. The number of benzene rings is 1. The Bertz CT molecular complexity index is 600. The Morgan fingerprint density at radius 2 is 2.00 bits per heavy atom. The summed E-state index contributed by atoms with van der Waals surface area (Å²) in [7, 11) is 0. The highest BCUT2D eigenvalue weighted by Gasteiger charge is 2.25. The Morgan fingerprint density at radius 1 is 1.23 bits per heavy atom. The molecule has 1 saturated heterocycles. The van der Waals surface area contributed by atoms with Crippen LogP contribution in [0.4, 0.5) is 0 Å². The third kappa shape index (κ3) is 3.39. The van der Waals surface area contributed by atoms with Gasteiger partial charge in [0.05, 0.1) is 31.0 Å². The SMILES string of the molecule is CC(C)(C)n1cc(CN2CCOCC2c2ccccc2)cn1. The second kappa shape index (κ2) is 6.23. The minimum absolute atomic E-state index is 0.0299. The molecule has 1 aliphatic rings. The van der Waals surface area contributed by atoms with Crippen molar-refractivity contribution in [2.75, 3.05) is 19.8 Å². The van der Waals surface area contributed by atoms with Crippen LogP contribution < -0.4 is 0 Å². The molecular weight excluding hydrogens is 274 g/mol. The lowest BCUT2D eigenvalue weighted by atomic mass is 10.0. The van der Waals surface area contributed by atoms with E-state index in [1.54, 1.807) is 0 Å². The van der Waals surface area contributed by atoms with Gasteiger partial charge in [0.1, 0.15) is 0 Å².